The van der Waals surface area contributed by atoms with Crippen molar-refractivity contribution in [1.29, 1.82) is 0 Å². The SMILES string of the molecule is c1ccc(-c2ccc(-n3c4ccccc4c4ccccc43)c(-c3nc(-c4ccc5sc6ccccc6c5c4)nc(-n4c5ccccc5c5ccccc54)n3)c2)cc1. The monoisotopic (exact) mass is 745 g/mol. The van der Waals surface area contributed by atoms with Crippen molar-refractivity contribution in [2.45, 2.75) is 0 Å². The third-order valence-corrected chi connectivity index (χ3v) is 12.4. The highest BCUT2D eigenvalue weighted by Gasteiger charge is 2.22. The van der Waals surface area contributed by atoms with E-state index in [-0.39, 0.29) is 0 Å². The Hall–Kier alpha value is -7.41. The summed E-state index contributed by atoms with van der Waals surface area (Å²) in [4.78, 5) is 16.3. The van der Waals surface area contributed by atoms with E-state index in [0.29, 0.717) is 17.6 Å². The van der Waals surface area contributed by atoms with Gasteiger partial charge in [0.15, 0.2) is 11.6 Å². The fraction of sp³-hybridized carbons (Fsp3) is 0. The lowest BCUT2D eigenvalue weighted by Gasteiger charge is -2.17. The molecule has 0 saturated heterocycles. The first-order valence-corrected chi connectivity index (χ1v) is 19.9. The summed E-state index contributed by atoms with van der Waals surface area (Å²) < 4.78 is 7.06. The second kappa shape index (κ2) is 12.6. The zero-order chi connectivity index (χ0) is 37.5. The molecule has 4 aromatic heterocycles. The van der Waals surface area contributed by atoms with Crippen LogP contribution in [-0.4, -0.2) is 24.1 Å². The number of hydrogen-bond acceptors (Lipinski definition) is 4. The van der Waals surface area contributed by atoms with Crippen molar-refractivity contribution in [3.8, 4) is 45.5 Å². The Bertz CT molecular complexity index is 3430. The smallest absolute Gasteiger partial charge is 0.238 e. The fourth-order valence-electron chi connectivity index (χ4n) is 8.62. The van der Waals surface area contributed by atoms with Crippen LogP contribution in [0.25, 0.3) is 109 Å². The summed E-state index contributed by atoms with van der Waals surface area (Å²) >= 11 is 1.81. The van der Waals surface area contributed by atoms with Crippen LogP contribution in [0.5, 0.6) is 0 Å². The molecule has 0 atom stereocenters. The van der Waals surface area contributed by atoms with E-state index in [4.69, 9.17) is 15.0 Å². The van der Waals surface area contributed by atoms with Crippen LogP contribution in [0.2, 0.25) is 0 Å². The van der Waals surface area contributed by atoms with Crippen molar-refractivity contribution in [2.24, 2.45) is 0 Å². The molecular formula is C51H31N5S. The summed E-state index contributed by atoms with van der Waals surface area (Å²) in [7, 11) is 0. The van der Waals surface area contributed by atoms with Crippen LogP contribution in [-0.2, 0) is 0 Å². The van der Waals surface area contributed by atoms with Gasteiger partial charge >= 0.3 is 0 Å². The Morgan fingerprint density at radius 2 is 0.842 bits per heavy atom. The van der Waals surface area contributed by atoms with Gasteiger partial charge in [-0.05, 0) is 71.8 Å². The van der Waals surface area contributed by atoms with E-state index >= 15 is 0 Å². The Morgan fingerprint density at radius 1 is 0.333 bits per heavy atom. The quantitative estimate of drug-likeness (QED) is 0.176. The molecule has 5 nitrogen and oxygen atoms in total. The molecule has 0 radical (unpaired) electrons. The van der Waals surface area contributed by atoms with Gasteiger partial charge in [0.2, 0.25) is 5.95 Å². The highest BCUT2D eigenvalue weighted by molar-refractivity contribution is 7.25. The van der Waals surface area contributed by atoms with Crippen molar-refractivity contribution in [3.05, 3.63) is 188 Å². The first-order chi connectivity index (χ1) is 28.3. The molecule has 0 aliphatic heterocycles. The molecule has 0 saturated carbocycles. The summed E-state index contributed by atoms with van der Waals surface area (Å²) in [5.74, 6) is 1.79. The third-order valence-electron chi connectivity index (χ3n) is 11.2. The minimum atomic E-state index is 0.570. The zero-order valence-corrected chi connectivity index (χ0v) is 31.4. The van der Waals surface area contributed by atoms with Gasteiger partial charge in [0.05, 0.1) is 27.8 Å². The Morgan fingerprint density at radius 3 is 1.49 bits per heavy atom. The van der Waals surface area contributed by atoms with E-state index in [9.17, 15) is 0 Å². The number of fused-ring (bicyclic) bond motifs is 9. The first kappa shape index (κ1) is 31.9. The van der Waals surface area contributed by atoms with E-state index in [0.717, 1.165) is 60.8 Å². The lowest BCUT2D eigenvalue weighted by atomic mass is 10.0. The van der Waals surface area contributed by atoms with Gasteiger partial charge in [-0.1, -0.05) is 127 Å². The Labute approximate surface area is 331 Å². The highest BCUT2D eigenvalue weighted by Crippen LogP contribution is 2.40. The highest BCUT2D eigenvalue weighted by atomic mass is 32.1. The Balaban J connectivity index is 1.19. The van der Waals surface area contributed by atoms with Crippen molar-refractivity contribution in [1.82, 2.24) is 24.1 Å². The second-order valence-electron chi connectivity index (χ2n) is 14.4. The van der Waals surface area contributed by atoms with Gasteiger partial charge in [-0.15, -0.1) is 11.3 Å². The maximum Gasteiger partial charge on any atom is 0.238 e. The molecule has 0 aliphatic rings. The number of rotatable bonds is 5. The van der Waals surface area contributed by atoms with Crippen LogP contribution in [0.3, 0.4) is 0 Å². The maximum atomic E-state index is 5.47. The van der Waals surface area contributed by atoms with Gasteiger partial charge in [0, 0.05) is 52.8 Å². The molecule has 0 amide bonds. The van der Waals surface area contributed by atoms with Gasteiger partial charge in [-0.25, -0.2) is 4.98 Å². The van der Waals surface area contributed by atoms with Crippen LogP contribution in [0, 0.1) is 0 Å². The van der Waals surface area contributed by atoms with Crippen molar-refractivity contribution in [2.75, 3.05) is 0 Å². The number of aromatic nitrogens is 5. The normalized spacial score (nSPS) is 11.9. The van der Waals surface area contributed by atoms with Crippen LogP contribution >= 0.6 is 11.3 Å². The minimum Gasteiger partial charge on any atom is -0.309 e. The lowest BCUT2D eigenvalue weighted by Crippen LogP contribution is -2.08. The van der Waals surface area contributed by atoms with Gasteiger partial charge in [-0.3, -0.25) is 4.57 Å². The van der Waals surface area contributed by atoms with E-state index < -0.39 is 0 Å². The molecule has 12 aromatic rings. The van der Waals surface area contributed by atoms with Crippen LogP contribution in [0.4, 0.5) is 0 Å². The Kier molecular flexibility index (Phi) is 7.03. The molecule has 0 spiro atoms. The molecule has 266 valence electrons. The number of para-hydroxylation sites is 4. The summed E-state index contributed by atoms with van der Waals surface area (Å²) in [6.45, 7) is 0. The average Bonchev–Trinajstić information content (AvgIpc) is 3.94. The average molecular weight is 746 g/mol. The predicted octanol–water partition coefficient (Wildman–Crippen LogP) is 13.4. The molecule has 8 aromatic carbocycles. The van der Waals surface area contributed by atoms with Crippen molar-refractivity contribution in [3.63, 3.8) is 0 Å². The zero-order valence-electron chi connectivity index (χ0n) is 30.5. The van der Waals surface area contributed by atoms with Crippen LogP contribution in [0.15, 0.2) is 188 Å². The summed E-state index contributed by atoms with van der Waals surface area (Å²) in [6, 6.07) is 66.7. The summed E-state index contributed by atoms with van der Waals surface area (Å²) in [5.41, 5.74) is 9.39. The minimum absolute atomic E-state index is 0.570. The molecule has 0 fully saturated rings. The molecule has 4 heterocycles. The fourth-order valence-corrected chi connectivity index (χ4v) is 9.71. The van der Waals surface area contributed by atoms with E-state index in [2.05, 4.69) is 197 Å². The topological polar surface area (TPSA) is 48.5 Å². The standard InChI is InChI=1S/C51H31N5S/c1-2-14-32(15-3-1)33-26-28-46(55-42-21-9-4-16-35(42)36-17-5-10-22-43(36)55)41(30-33)50-52-49(34-27-29-48-40(31-34)39-20-8-13-25-47(39)57-48)53-51(54-50)56-44-23-11-6-18-37(44)38-19-7-12-24-45(38)56/h1-31H. The molecule has 0 bridgehead atoms. The van der Waals surface area contributed by atoms with E-state index in [1.165, 1.54) is 30.9 Å². The number of hydrogen-bond donors (Lipinski definition) is 0. The van der Waals surface area contributed by atoms with E-state index in [1.54, 1.807) is 0 Å². The lowest BCUT2D eigenvalue weighted by molar-refractivity contribution is 0.952. The third kappa shape index (κ3) is 4.98. The van der Waals surface area contributed by atoms with Gasteiger partial charge in [-0.2, -0.15) is 9.97 Å². The molecule has 0 aliphatic carbocycles. The molecule has 57 heavy (non-hydrogen) atoms. The largest absolute Gasteiger partial charge is 0.309 e. The predicted molar refractivity (Wildman–Crippen MR) is 238 cm³/mol. The van der Waals surface area contributed by atoms with E-state index in [1.807, 2.05) is 11.3 Å². The van der Waals surface area contributed by atoms with Crippen LogP contribution < -0.4 is 0 Å². The summed E-state index contributed by atoms with van der Waals surface area (Å²) in [6.07, 6.45) is 0. The van der Waals surface area contributed by atoms with Crippen molar-refractivity contribution < 1.29 is 0 Å². The second-order valence-corrected chi connectivity index (χ2v) is 15.5. The first-order valence-electron chi connectivity index (χ1n) is 19.1. The number of benzene rings is 8. The van der Waals surface area contributed by atoms with Gasteiger partial charge in [0.25, 0.3) is 0 Å². The molecule has 0 unspecified atom stereocenters. The molecule has 12 rings (SSSR count). The number of nitrogens with zero attached hydrogens (tertiary/aromatic N) is 5. The molecular weight excluding hydrogens is 715 g/mol. The molecule has 6 heteroatoms. The van der Waals surface area contributed by atoms with Crippen LogP contribution in [0.1, 0.15) is 0 Å². The van der Waals surface area contributed by atoms with Gasteiger partial charge in [0.1, 0.15) is 0 Å². The summed E-state index contributed by atoms with van der Waals surface area (Å²) in [5, 5.41) is 7.14. The van der Waals surface area contributed by atoms with Gasteiger partial charge < -0.3 is 4.57 Å². The maximum absolute atomic E-state index is 5.47. The number of thiophene rings is 1. The van der Waals surface area contributed by atoms with Crippen molar-refractivity contribution >= 4 is 75.1 Å². The molecule has 0 N–H and O–H groups in total.